The maximum Gasteiger partial charge on any atom is 0.258 e. The molecule has 10 heteroatoms. The largest absolute Gasteiger partial charge is 0.507 e. The third-order valence-corrected chi connectivity index (χ3v) is 5.85. The summed E-state index contributed by atoms with van der Waals surface area (Å²) in [6.07, 6.45) is -0.743. The Kier molecular flexibility index (Phi) is 6.46. The summed E-state index contributed by atoms with van der Waals surface area (Å²) in [5, 5.41) is 25.0. The molecule has 1 aliphatic heterocycles. The Hall–Kier alpha value is -2.75. The van der Waals surface area contributed by atoms with Gasteiger partial charge < -0.3 is 25.7 Å². The molecule has 2 unspecified atom stereocenters. The second-order valence-electron chi connectivity index (χ2n) is 9.62. The topological polar surface area (TPSA) is 119 Å². The molecular formula is C22H29F2N3O5. The smallest absolute Gasteiger partial charge is 0.258 e. The van der Waals surface area contributed by atoms with E-state index in [1.54, 1.807) is 20.8 Å². The van der Waals surface area contributed by atoms with Gasteiger partial charge in [-0.3, -0.25) is 14.4 Å². The number of nitrogens with zero attached hydrogens (tertiary/aromatic N) is 1. The van der Waals surface area contributed by atoms with Crippen LogP contribution in [0.25, 0.3) is 0 Å². The maximum absolute atomic E-state index is 14.2. The van der Waals surface area contributed by atoms with E-state index in [-0.39, 0.29) is 43.7 Å². The number of hydrogen-bond acceptors (Lipinski definition) is 5. The normalized spacial score (nSPS) is 22.9. The molecule has 0 aromatic heterocycles. The molecule has 0 radical (unpaired) electrons. The van der Waals surface area contributed by atoms with E-state index in [0.29, 0.717) is 0 Å². The van der Waals surface area contributed by atoms with Crippen LogP contribution in [-0.2, 0) is 20.9 Å². The lowest BCUT2D eigenvalue weighted by atomic mass is 9.85. The highest BCUT2D eigenvalue weighted by Gasteiger charge is 2.53. The van der Waals surface area contributed by atoms with Gasteiger partial charge in [0.1, 0.15) is 23.7 Å². The molecule has 0 spiro atoms. The number of aliphatic hydroxyl groups is 1. The van der Waals surface area contributed by atoms with Crippen molar-refractivity contribution in [2.45, 2.75) is 70.4 Å². The van der Waals surface area contributed by atoms with Gasteiger partial charge in [-0.15, -0.1) is 0 Å². The number of carbonyl (C=O) groups excluding carboxylic acids is 3. The molecule has 2 fully saturated rings. The Morgan fingerprint density at radius 2 is 1.94 bits per heavy atom. The molecule has 8 nitrogen and oxygen atoms in total. The van der Waals surface area contributed by atoms with E-state index >= 15 is 0 Å². The van der Waals surface area contributed by atoms with Gasteiger partial charge in [0.25, 0.3) is 5.91 Å². The monoisotopic (exact) mass is 453 g/mol. The van der Waals surface area contributed by atoms with Gasteiger partial charge in [-0.2, -0.15) is 0 Å². The van der Waals surface area contributed by atoms with Crippen molar-refractivity contribution >= 4 is 17.7 Å². The van der Waals surface area contributed by atoms with Crippen LogP contribution in [-0.4, -0.2) is 63.2 Å². The Bertz CT molecular complexity index is 913. The zero-order valence-electron chi connectivity index (χ0n) is 18.3. The first-order valence-electron chi connectivity index (χ1n) is 10.6. The molecule has 3 atom stereocenters. The first-order chi connectivity index (χ1) is 14.8. The summed E-state index contributed by atoms with van der Waals surface area (Å²) < 4.78 is 27.3. The molecule has 1 heterocycles. The van der Waals surface area contributed by atoms with Crippen molar-refractivity contribution < 1.29 is 33.4 Å². The third kappa shape index (κ3) is 5.17. The predicted molar refractivity (Wildman–Crippen MR) is 110 cm³/mol. The Morgan fingerprint density at radius 1 is 1.28 bits per heavy atom. The van der Waals surface area contributed by atoms with E-state index in [2.05, 4.69) is 10.6 Å². The van der Waals surface area contributed by atoms with Gasteiger partial charge in [0.15, 0.2) is 5.67 Å². The van der Waals surface area contributed by atoms with Gasteiger partial charge in [-0.1, -0.05) is 26.8 Å². The number of amides is 3. The van der Waals surface area contributed by atoms with Crippen LogP contribution in [0.3, 0.4) is 0 Å². The molecule has 3 amide bonds. The standard InChI is InChI=1S/C22H29F2N3O5/c1-21(2,3)17(26-20(32)22(24)6-7-22)19(31)27-11-14(28)9-15(27)18(30)25-10-12-4-5-13(23)8-16(12)29/h4-5,8,14-15,17,28-29H,6-7,9-11H2,1-3H3,(H,25,30)(H,26,32)/t14?,15?,17-/m1/s1. The number of aromatic hydroxyl groups is 1. The fourth-order valence-electron chi connectivity index (χ4n) is 3.70. The number of carbonyl (C=O) groups is 3. The van der Waals surface area contributed by atoms with Crippen molar-refractivity contribution in [2.24, 2.45) is 5.41 Å². The molecule has 3 rings (SSSR count). The molecule has 1 aromatic rings. The average Bonchev–Trinajstić information content (AvgIpc) is 3.32. The highest BCUT2D eigenvalue weighted by molar-refractivity contribution is 5.95. The molecule has 1 aliphatic carbocycles. The van der Waals surface area contributed by atoms with Crippen LogP contribution in [0.15, 0.2) is 18.2 Å². The van der Waals surface area contributed by atoms with Gasteiger partial charge in [0.05, 0.1) is 6.10 Å². The van der Waals surface area contributed by atoms with Crippen LogP contribution >= 0.6 is 0 Å². The van der Waals surface area contributed by atoms with Crippen molar-refractivity contribution in [1.29, 1.82) is 0 Å². The number of aliphatic hydroxyl groups excluding tert-OH is 1. The summed E-state index contributed by atoms with van der Waals surface area (Å²) >= 11 is 0. The molecule has 176 valence electrons. The fourth-order valence-corrected chi connectivity index (χ4v) is 3.70. The summed E-state index contributed by atoms with van der Waals surface area (Å²) in [4.78, 5) is 39.6. The number of hydrogen-bond donors (Lipinski definition) is 4. The number of benzene rings is 1. The van der Waals surface area contributed by atoms with Crippen LogP contribution in [0, 0.1) is 11.2 Å². The van der Waals surface area contributed by atoms with E-state index in [0.717, 1.165) is 12.1 Å². The highest BCUT2D eigenvalue weighted by atomic mass is 19.1. The minimum atomic E-state index is -1.96. The van der Waals surface area contributed by atoms with Gasteiger partial charge in [-0.05, 0) is 24.3 Å². The molecular weight excluding hydrogens is 424 g/mol. The molecule has 1 saturated heterocycles. The first kappa shape index (κ1) is 23.9. The van der Waals surface area contributed by atoms with Gasteiger partial charge >= 0.3 is 0 Å². The number of β-amino-alcohol motifs (C(OH)–C–C–N with tert-alkyl or cyclic N) is 1. The van der Waals surface area contributed by atoms with Gasteiger partial charge in [0, 0.05) is 31.1 Å². The minimum absolute atomic E-state index is 0.00910. The van der Waals surface area contributed by atoms with Crippen molar-refractivity contribution in [1.82, 2.24) is 15.5 Å². The summed E-state index contributed by atoms with van der Waals surface area (Å²) in [6.45, 7) is 4.93. The number of nitrogens with one attached hydrogen (secondary N) is 2. The molecule has 1 aromatic carbocycles. The molecule has 4 N–H and O–H groups in total. The van der Waals surface area contributed by atoms with E-state index in [9.17, 15) is 33.4 Å². The quantitative estimate of drug-likeness (QED) is 0.515. The SMILES string of the molecule is CC(C)(C)[C@H](NC(=O)C1(F)CC1)C(=O)N1CC(O)CC1C(=O)NCc1ccc(F)cc1O. The van der Waals surface area contributed by atoms with E-state index < -0.39 is 52.8 Å². The van der Waals surface area contributed by atoms with Gasteiger partial charge in [-0.25, -0.2) is 8.78 Å². The van der Waals surface area contributed by atoms with Crippen molar-refractivity contribution in [3.8, 4) is 5.75 Å². The van der Waals surface area contributed by atoms with Crippen LogP contribution in [0.2, 0.25) is 0 Å². The number of phenolic OH excluding ortho intramolecular Hbond substituents is 1. The Labute approximate surface area is 185 Å². The highest BCUT2D eigenvalue weighted by Crippen LogP contribution is 2.40. The maximum atomic E-state index is 14.2. The zero-order chi connectivity index (χ0) is 23.8. The van der Waals surface area contributed by atoms with Crippen LogP contribution < -0.4 is 10.6 Å². The molecule has 0 bridgehead atoms. The molecule has 32 heavy (non-hydrogen) atoms. The summed E-state index contributed by atoms with van der Waals surface area (Å²) in [7, 11) is 0. The lowest BCUT2D eigenvalue weighted by Gasteiger charge is -2.35. The summed E-state index contributed by atoms with van der Waals surface area (Å²) in [5.74, 6) is -2.94. The Balaban J connectivity index is 1.72. The zero-order valence-corrected chi connectivity index (χ0v) is 18.3. The number of alkyl halides is 1. The first-order valence-corrected chi connectivity index (χ1v) is 10.6. The van der Waals surface area contributed by atoms with E-state index in [1.807, 2.05) is 0 Å². The predicted octanol–water partition coefficient (Wildman–Crippen LogP) is 1.14. The second-order valence-corrected chi connectivity index (χ2v) is 9.62. The number of phenols is 1. The summed E-state index contributed by atoms with van der Waals surface area (Å²) in [5.41, 5.74) is -2.44. The minimum Gasteiger partial charge on any atom is -0.507 e. The lowest BCUT2D eigenvalue weighted by molar-refractivity contribution is -0.145. The molecule has 2 aliphatic rings. The fraction of sp³-hybridized carbons (Fsp3) is 0.591. The number of rotatable bonds is 6. The van der Waals surface area contributed by atoms with Crippen molar-refractivity contribution in [2.75, 3.05) is 6.54 Å². The van der Waals surface area contributed by atoms with Crippen LogP contribution in [0.4, 0.5) is 8.78 Å². The van der Waals surface area contributed by atoms with Crippen molar-refractivity contribution in [3.05, 3.63) is 29.6 Å². The average molecular weight is 453 g/mol. The number of halogens is 2. The van der Waals surface area contributed by atoms with Crippen LogP contribution in [0.1, 0.15) is 45.6 Å². The van der Waals surface area contributed by atoms with Gasteiger partial charge in [0.2, 0.25) is 11.8 Å². The van der Waals surface area contributed by atoms with E-state index in [4.69, 9.17) is 0 Å². The second kappa shape index (κ2) is 8.65. The molecule has 1 saturated carbocycles. The van der Waals surface area contributed by atoms with E-state index in [1.165, 1.54) is 11.0 Å². The van der Waals surface area contributed by atoms with Crippen LogP contribution in [0.5, 0.6) is 5.75 Å². The number of likely N-dealkylation sites (tertiary alicyclic amines) is 1. The Morgan fingerprint density at radius 3 is 2.50 bits per heavy atom. The summed E-state index contributed by atoms with van der Waals surface area (Å²) in [6, 6.07) is 1.29. The van der Waals surface area contributed by atoms with Crippen molar-refractivity contribution in [3.63, 3.8) is 0 Å². The third-order valence-electron chi connectivity index (χ3n) is 5.85. The lowest BCUT2D eigenvalue weighted by Crippen LogP contribution is -2.59.